The van der Waals surface area contributed by atoms with Crippen molar-refractivity contribution < 1.29 is 9.18 Å². The Morgan fingerprint density at radius 1 is 0.955 bits per heavy atom. The molecule has 8 heteroatoms. The van der Waals surface area contributed by atoms with Gasteiger partial charge in [0.25, 0.3) is 5.91 Å². The quantitative estimate of drug-likeness (QED) is 0.302. The Bertz CT molecular complexity index is 1010. The molecular formula is C14H3Cl4FN2O. The number of aromatic nitrogens is 2. The van der Waals surface area contributed by atoms with Gasteiger partial charge in [0.1, 0.15) is 5.82 Å². The summed E-state index contributed by atoms with van der Waals surface area (Å²) in [6.45, 7) is 0. The standard InChI is InChI=1S/C14H3Cl4FN2O/c15-9-7-8(10(16)12(18)11(9)17)14(22)21-6-2-1-4(19)3-5(6)20-13(7)21/h1-3H. The van der Waals surface area contributed by atoms with Crippen LogP contribution < -0.4 is 0 Å². The summed E-state index contributed by atoms with van der Waals surface area (Å²) in [6, 6.07) is 3.95. The molecule has 1 aromatic heterocycles. The summed E-state index contributed by atoms with van der Waals surface area (Å²) in [6.07, 6.45) is 0. The lowest BCUT2D eigenvalue weighted by Gasteiger charge is -2.07. The SMILES string of the molecule is O=C1c2c(Cl)c(Cl)c(Cl)c(Cl)c2-c2nc3cc(F)ccc3n21. The summed E-state index contributed by atoms with van der Waals surface area (Å²) in [5.41, 5.74) is 1.25. The number of carbonyl (C=O) groups excluding carboxylic acids is 1. The maximum Gasteiger partial charge on any atom is 0.266 e. The van der Waals surface area contributed by atoms with Crippen LogP contribution in [0.5, 0.6) is 0 Å². The van der Waals surface area contributed by atoms with E-state index in [0.29, 0.717) is 16.6 Å². The first kappa shape index (κ1) is 14.3. The fourth-order valence-corrected chi connectivity index (χ4v) is 3.60. The average molecular weight is 376 g/mol. The van der Waals surface area contributed by atoms with E-state index in [9.17, 15) is 9.18 Å². The largest absolute Gasteiger partial charge is 0.268 e. The Morgan fingerprint density at radius 3 is 2.27 bits per heavy atom. The van der Waals surface area contributed by atoms with Crippen LogP contribution in [-0.2, 0) is 0 Å². The molecule has 110 valence electrons. The van der Waals surface area contributed by atoms with E-state index >= 15 is 0 Å². The number of halogens is 5. The number of hydrogen-bond acceptors (Lipinski definition) is 2. The lowest BCUT2D eigenvalue weighted by molar-refractivity contribution is 0.0973. The Morgan fingerprint density at radius 2 is 1.59 bits per heavy atom. The molecule has 3 aromatic rings. The van der Waals surface area contributed by atoms with Crippen LogP contribution in [0.15, 0.2) is 18.2 Å². The molecule has 4 rings (SSSR count). The van der Waals surface area contributed by atoms with E-state index in [4.69, 9.17) is 46.4 Å². The maximum atomic E-state index is 13.3. The van der Waals surface area contributed by atoms with Crippen LogP contribution in [0.25, 0.3) is 22.4 Å². The normalized spacial score (nSPS) is 12.9. The third-order valence-electron chi connectivity index (χ3n) is 3.52. The van der Waals surface area contributed by atoms with Crippen molar-refractivity contribution in [2.24, 2.45) is 0 Å². The Balaban J connectivity index is 2.18. The van der Waals surface area contributed by atoms with E-state index < -0.39 is 11.7 Å². The molecule has 22 heavy (non-hydrogen) atoms. The minimum atomic E-state index is -0.449. The first-order valence-electron chi connectivity index (χ1n) is 6.01. The summed E-state index contributed by atoms with van der Waals surface area (Å²) in [4.78, 5) is 16.9. The van der Waals surface area contributed by atoms with Gasteiger partial charge in [0.05, 0.1) is 42.3 Å². The van der Waals surface area contributed by atoms with Crippen molar-refractivity contribution in [3.8, 4) is 11.4 Å². The molecule has 0 bridgehead atoms. The van der Waals surface area contributed by atoms with Crippen molar-refractivity contribution >= 4 is 63.3 Å². The lowest BCUT2D eigenvalue weighted by Crippen LogP contribution is -2.06. The van der Waals surface area contributed by atoms with Crippen LogP contribution in [0.3, 0.4) is 0 Å². The van der Waals surface area contributed by atoms with Gasteiger partial charge in [-0.3, -0.25) is 9.36 Å². The second kappa shape index (κ2) is 4.59. The zero-order chi connectivity index (χ0) is 15.8. The van der Waals surface area contributed by atoms with Gasteiger partial charge in [0.15, 0.2) is 5.82 Å². The number of imidazole rings is 1. The Hall–Kier alpha value is -1.33. The molecule has 0 amide bonds. The van der Waals surface area contributed by atoms with Crippen molar-refractivity contribution in [2.75, 3.05) is 0 Å². The molecule has 0 saturated carbocycles. The zero-order valence-corrected chi connectivity index (χ0v) is 13.4. The molecular weight excluding hydrogens is 373 g/mol. The van der Waals surface area contributed by atoms with Gasteiger partial charge in [-0.2, -0.15) is 0 Å². The number of hydrogen-bond donors (Lipinski definition) is 0. The molecule has 2 aromatic carbocycles. The second-order valence-electron chi connectivity index (χ2n) is 4.71. The highest BCUT2D eigenvalue weighted by molar-refractivity contribution is 6.54. The van der Waals surface area contributed by atoms with E-state index in [-0.39, 0.29) is 31.5 Å². The van der Waals surface area contributed by atoms with Crippen molar-refractivity contribution in [3.63, 3.8) is 0 Å². The summed E-state index contributed by atoms with van der Waals surface area (Å²) >= 11 is 24.4. The number of fused-ring (bicyclic) bond motifs is 5. The maximum absolute atomic E-state index is 13.3. The number of carbonyl (C=O) groups is 1. The van der Waals surface area contributed by atoms with Crippen molar-refractivity contribution in [3.05, 3.63) is 49.7 Å². The average Bonchev–Trinajstić information content (AvgIpc) is 2.97. The molecule has 0 unspecified atom stereocenters. The fraction of sp³-hybridized carbons (Fsp3) is 0. The van der Waals surface area contributed by atoms with E-state index in [2.05, 4.69) is 4.98 Å². The predicted octanol–water partition coefficient (Wildman–Crippen LogP) is 5.46. The molecule has 0 atom stereocenters. The second-order valence-corrected chi connectivity index (χ2v) is 6.23. The van der Waals surface area contributed by atoms with Crippen molar-refractivity contribution in [1.29, 1.82) is 0 Å². The minimum absolute atomic E-state index is 0.0153. The van der Waals surface area contributed by atoms with Crippen LogP contribution in [-0.4, -0.2) is 15.5 Å². The smallest absolute Gasteiger partial charge is 0.266 e. The van der Waals surface area contributed by atoms with Crippen molar-refractivity contribution in [2.45, 2.75) is 0 Å². The first-order chi connectivity index (χ1) is 10.4. The van der Waals surface area contributed by atoms with Gasteiger partial charge in [-0.1, -0.05) is 46.4 Å². The highest BCUT2D eigenvalue weighted by Gasteiger charge is 2.36. The summed E-state index contributed by atoms with van der Waals surface area (Å²) in [7, 11) is 0. The van der Waals surface area contributed by atoms with Gasteiger partial charge < -0.3 is 0 Å². The molecule has 0 saturated heterocycles. The molecule has 0 radical (unpaired) electrons. The van der Waals surface area contributed by atoms with Gasteiger partial charge in [0, 0.05) is 6.07 Å². The van der Waals surface area contributed by atoms with Crippen LogP contribution in [0.4, 0.5) is 4.39 Å². The Labute approximate surface area is 143 Å². The van der Waals surface area contributed by atoms with Gasteiger partial charge in [-0.05, 0) is 12.1 Å². The summed E-state index contributed by atoms with van der Waals surface area (Å²) in [5, 5.41) is 0.180. The molecule has 3 nitrogen and oxygen atoms in total. The van der Waals surface area contributed by atoms with Gasteiger partial charge >= 0.3 is 0 Å². The van der Waals surface area contributed by atoms with Gasteiger partial charge in [0.2, 0.25) is 0 Å². The zero-order valence-electron chi connectivity index (χ0n) is 10.4. The van der Waals surface area contributed by atoms with E-state index in [1.807, 2.05) is 0 Å². The third-order valence-corrected chi connectivity index (χ3v) is 5.33. The highest BCUT2D eigenvalue weighted by Crippen LogP contribution is 2.49. The molecule has 0 N–H and O–H groups in total. The van der Waals surface area contributed by atoms with E-state index in [1.54, 1.807) is 0 Å². The van der Waals surface area contributed by atoms with Crippen molar-refractivity contribution in [1.82, 2.24) is 9.55 Å². The fourth-order valence-electron chi connectivity index (χ4n) is 2.58. The molecule has 0 spiro atoms. The summed E-state index contributed by atoms with van der Waals surface area (Å²) in [5.74, 6) is -0.606. The van der Waals surface area contributed by atoms with E-state index in [0.717, 1.165) is 0 Å². The molecule has 0 fully saturated rings. The number of nitrogens with zero attached hydrogens (tertiary/aromatic N) is 2. The molecule has 1 aliphatic rings. The monoisotopic (exact) mass is 374 g/mol. The van der Waals surface area contributed by atoms with Gasteiger partial charge in [-0.15, -0.1) is 0 Å². The Kier molecular flexibility index (Phi) is 2.97. The van der Waals surface area contributed by atoms with E-state index in [1.165, 1.54) is 22.8 Å². The number of benzene rings is 2. The van der Waals surface area contributed by atoms with Crippen LogP contribution in [0.2, 0.25) is 20.1 Å². The van der Waals surface area contributed by atoms with Crippen LogP contribution in [0, 0.1) is 5.82 Å². The predicted molar refractivity (Wildman–Crippen MR) is 84.9 cm³/mol. The third kappa shape index (κ3) is 1.64. The summed E-state index contributed by atoms with van der Waals surface area (Å²) < 4.78 is 14.7. The lowest BCUT2D eigenvalue weighted by atomic mass is 10.1. The topological polar surface area (TPSA) is 34.9 Å². The molecule has 2 heterocycles. The van der Waals surface area contributed by atoms with Crippen LogP contribution in [0.1, 0.15) is 10.4 Å². The first-order valence-corrected chi connectivity index (χ1v) is 7.52. The molecule has 0 aliphatic carbocycles. The molecule has 1 aliphatic heterocycles. The van der Waals surface area contributed by atoms with Gasteiger partial charge in [-0.25, -0.2) is 9.37 Å². The highest BCUT2D eigenvalue weighted by atomic mass is 35.5. The van der Waals surface area contributed by atoms with Crippen LogP contribution >= 0.6 is 46.4 Å². The number of rotatable bonds is 0. The minimum Gasteiger partial charge on any atom is -0.268 e.